The number of halogens is 1. The van der Waals surface area contributed by atoms with E-state index < -0.39 is 11.7 Å². The van der Waals surface area contributed by atoms with Crippen LogP contribution in [0.3, 0.4) is 0 Å². The summed E-state index contributed by atoms with van der Waals surface area (Å²) >= 11 is 6.47. The summed E-state index contributed by atoms with van der Waals surface area (Å²) < 4.78 is 0. The fourth-order valence-corrected chi connectivity index (χ4v) is 4.91. The van der Waals surface area contributed by atoms with Gasteiger partial charge in [0.2, 0.25) is 11.7 Å². The minimum atomic E-state index is -0.693. The Balaban J connectivity index is 1.22. The molecule has 2 amide bonds. The van der Waals surface area contributed by atoms with Crippen LogP contribution < -0.4 is 16.0 Å². The monoisotopic (exact) mass is 530 g/mol. The molecule has 2 atom stereocenters. The van der Waals surface area contributed by atoms with Gasteiger partial charge in [-0.1, -0.05) is 29.8 Å². The maximum Gasteiger partial charge on any atom is 0.291 e. The summed E-state index contributed by atoms with van der Waals surface area (Å²) in [5.41, 5.74) is 3.51. The average Bonchev–Trinajstić information content (AvgIpc) is 3.34. The average molecular weight is 531 g/mol. The van der Waals surface area contributed by atoms with Crippen LogP contribution in [0.5, 0.6) is 0 Å². The van der Waals surface area contributed by atoms with Crippen molar-refractivity contribution in [1.29, 1.82) is 0 Å². The summed E-state index contributed by atoms with van der Waals surface area (Å²) in [7, 11) is 0. The van der Waals surface area contributed by atoms with E-state index >= 15 is 0 Å². The van der Waals surface area contributed by atoms with Crippen LogP contribution >= 0.6 is 11.6 Å². The number of para-hydroxylation sites is 1. The number of Topliss-reactive ketones (excluding diaryl/α,β-unsaturated/α-hetero) is 1. The van der Waals surface area contributed by atoms with Crippen molar-refractivity contribution in [2.45, 2.75) is 44.7 Å². The summed E-state index contributed by atoms with van der Waals surface area (Å²) in [6, 6.07) is 14.5. The van der Waals surface area contributed by atoms with E-state index in [1.165, 1.54) is 6.92 Å². The predicted octanol–water partition coefficient (Wildman–Crippen LogP) is 4.96. The Hall–Kier alpha value is -4.24. The molecule has 0 spiro atoms. The van der Waals surface area contributed by atoms with Gasteiger partial charge in [-0.25, -0.2) is 9.97 Å². The predicted molar refractivity (Wildman–Crippen MR) is 147 cm³/mol. The lowest BCUT2D eigenvalue weighted by Gasteiger charge is -2.30. The van der Waals surface area contributed by atoms with Crippen molar-refractivity contribution >= 4 is 51.7 Å². The largest absolute Gasteiger partial charge is 0.360 e. The molecule has 5 rings (SSSR count). The Morgan fingerprint density at radius 1 is 1.03 bits per heavy atom. The van der Waals surface area contributed by atoms with Crippen molar-refractivity contribution in [3.63, 3.8) is 0 Å². The van der Waals surface area contributed by atoms with Crippen LogP contribution in [0.2, 0.25) is 5.02 Å². The molecule has 0 aliphatic heterocycles. The van der Waals surface area contributed by atoms with Gasteiger partial charge in [0.15, 0.2) is 0 Å². The highest BCUT2D eigenvalue weighted by Gasteiger charge is 2.25. The lowest BCUT2D eigenvalue weighted by Crippen LogP contribution is -2.42. The molecular formula is C28H27ClN6O3. The van der Waals surface area contributed by atoms with Crippen LogP contribution in [0.25, 0.3) is 22.2 Å². The van der Waals surface area contributed by atoms with Crippen molar-refractivity contribution in [3.05, 3.63) is 71.5 Å². The minimum Gasteiger partial charge on any atom is -0.360 e. The van der Waals surface area contributed by atoms with E-state index in [0.29, 0.717) is 27.9 Å². The number of anilines is 2. The van der Waals surface area contributed by atoms with Gasteiger partial charge in [0.1, 0.15) is 0 Å². The third-order valence-corrected chi connectivity index (χ3v) is 6.93. The zero-order valence-electron chi connectivity index (χ0n) is 20.8. The van der Waals surface area contributed by atoms with Gasteiger partial charge in [-0.05, 0) is 56.0 Å². The Morgan fingerprint density at radius 2 is 1.79 bits per heavy atom. The van der Waals surface area contributed by atoms with Crippen molar-refractivity contribution in [3.8, 4) is 11.3 Å². The molecule has 1 aliphatic carbocycles. The van der Waals surface area contributed by atoms with Crippen LogP contribution in [0, 0.1) is 0 Å². The van der Waals surface area contributed by atoms with Crippen molar-refractivity contribution in [2.75, 3.05) is 10.6 Å². The number of hydrogen-bond donors (Lipinski definition) is 4. The highest BCUT2D eigenvalue weighted by atomic mass is 35.5. The van der Waals surface area contributed by atoms with Crippen molar-refractivity contribution in [1.82, 2.24) is 20.3 Å². The first-order chi connectivity index (χ1) is 18.4. The third-order valence-electron chi connectivity index (χ3n) is 6.66. The summed E-state index contributed by atoms with van der Waals surface area (Å²) in [4.78, 5) is 47.9. The number of fused-ring (bicyclic) bond motifs is 1. The van der Waals surface area contributed by atoms with Gasteiger partial charge >= 0.3 is 0 Å². The second kappa shape index (κ2) is 11.0. The normalized spacial score (nSPS) is 17.1. The molecular weight excluding hydrogens is 504 g/mol. The van der Waals surface area contributed by atoms with Gasteiger partial charge in [-0.2, -0.15) is 0 Å². The zero-order chi connectivity index (χ0) is 26.6. The first kappa shape index (κ1) is 25.4. The summed E-state index contributed by atoms with van der Waals surface area (Å²) in [6.07, 6.45) is 7.00. The second-order valence-electron chi connectivity index (χ2n) is 9.40. The van der Waals surface area contributed by atoms with E-state index in [4.69, 9.17) is 16.6 Å². The number of nitrogens with zero attached hydrogens (tertiary/aromatic N) is 2. The Bertz CT molecular complexity index is 1500. The number of aromatic nitrogens is 3. The first-order valence-electron chi connectivity index (χ1n) is 12.5. The second-order valence-corrected chi connectivity index (χ2v) is 9.81. The topological polar surface area (TPSA) is 129 Å². The fourth-order valence-electron chi connectivity index (χ4n) is 4.72. The molecule has 1 fully saturated rings. The maximum atomic E-state index is 12.8. The lowest BCUT2D eigenvalue weighted by molar-refractivity contribution is -0.133. The summed E-state index contributed by atoms with van der Waals surface area (Å²) in [5.74, 6) is -0.967. The van der Waals surface area contributed by atoms with Crippen LogP contribution in [0.1, 0.15) is 43.0 Å². The Morgan fingerprint density at radius 3 is 2.58 bits per heavy atom. The maximum absolute atomic E-state index is 12.8. The molecule has 0 saturated heterocycles. The van der Waals surface area contributed by atoms with Crippen molar-refractivity contribution < 1.29 is 14.4 Å². The molecule has 2 aromatic heterocycles. The lowest BCUT2D eigenvalue weighted by atomic mass is 9.91. The molecule has 38 heavy (non-hydrogen) atoms. The van der Waals surface area contributed by atoms with E-state index in [2.05, 4.69) is 25.9 Å². The summed E-state index contributed by atoms with van der Waals surface area (Å²) in [6.45, 7) is 1.20. The highest BCUT2D eigenvalue weighted by molar-refractivity contribution is 6.39. The van der Waals surface area contributed by atoms with Crippen molar-refractivity contribution in [2.24, 2.45) is 0 Å². The van der Waals surface area contributed by atoms with E-state index in [-0.39, 0.29) is 18.0 Å². The van der Waals surface area contributed by atoms with E-state index in [9.17, 15) is 14.4 Å². The van der Waals surface area contributed by atoms with Gasteiger partial charge in [-0.15, -0.1) is 0 Å². The van der Waals surface area contributed by atoms with Gasteiger partial charge in [-0.3, -0.25) is 14.4 Å². The molecule has 0 bridgehead atoms. The first-order valence-corrected chi connectivity index (χ1v) is 12.8. The third kappa shape index (κ3) is 5.68. The number of ketones is 1. The zero-order valence-corrected chi connectivity index (χ0v) is 21.5. The molecule has 4 N–H and O–H groups in total. The fraction of sp³-hybridized carbons (Fsp3) is 0.250. The highest BCUT2D eigenvalue weighted by Crippen LogP contribution is 2.32. The molecule has 2 heterocycles. The van der Waals surface area contributed by atoms with Gasteiger partial charge in [0.05, 0.1) is 16.9 Å². The molecule has 1 saturated carbocycles. The van der Waals surface area contributed by atoms with Gasteiger partial charge in [0, 0.05) is 52.9 Å². The van der Waals surface area contributed by atoms with E-state index in [1.54, 1.807) is 30.5 Å². The van der Waals surface area contributed by atoms with Gasteiger partial charge in [0.25, 0.3) is 11.8 Å². The number of nitrogens with one attached hydrogen (secondary N) is 4. The quantitative estimate of drug-likeness (QED) is 0.250. The molecule has 0 unspecified atom stereocenters. The Labute approximate surface area is 224 Å². The molecule has 4 aromatic rings. The number of benzene rings is 2. The molecule has 2 aromatic carbocycles. The van der Waals surface area contributed by atoms with Crippen LogP contribution in [-0.4, -0.2) is 44.6 Å². The number of H-pyrrole nitrogens is 1. The Kier molecular flexibility index (Phi) is 7.37. The number of carbonyl (C=O) groups excluding carboxylic acids is 3. The van der Waals surface area contributed by atoms with Crippen LogP contribution in [0.15, 0.2) is 60.9 Å². The van der Waals surface area contributed by atoms with E-state index in [1.807, 2.05) is 30.5 Å². The number of hydrogen-bond acceptors (Lipinski definition) is 6. The molecule has 1 aliphatic rings. The smallest absolute Gasteiger partial charge is 0.291 e. The SMILES string of the molecule is CC(=O)C(=O)Nc1ccc(C(=O)N[C@H]2CCC[C@@H](Nc3ncc(Cl)c(-c4c[nH]c5ccccc45)n3)C2)cc1. The van der Waals surface area contributed by atoms with Crippen LogP contribution in [0.4, 0.5) is 11.6 Å². The minimum absolute atomic E-state index is 0.00812. The molecule has 0 radical (unpaired) electrons. The molecule has 9 nitrogen and oxygen atoms in total. The van der Waals surface area contributed by atoms with Crippen LogP contribution in [-0.2, 0) is 9.59 Å². The molecule has 10 heteroatoms. The van der Waals surface area contributed by atoms with Gasteiger partial charge < -0.3 is 20.9 Å². The molecule has 194 valence electrons. The number of rotatable bonds is 7. The summed E-state index contributed by atoms with van der Waals surface area (Å²) in [5, 5.41) is 10.5. The number of carbonyl (C=O) groups is 3. The van der Waals surface area contributed by atoms with E-state index in [0.717, 1.165) is 42.1 Å². The number of amides is 2. The number of aromatic amines is 1. The standard InChI is InChI=1S/C28H27ClN6O3/c1-16(36)26(37)32-18-11-9-17(10-12-18)27(38)33-19-5-4-6-20(13-19)34-28-31-15-23(29)25(35-28)22-14-30-24-8-3-2-7-21(22)24/h2-3,7-12,14-15,19-20,30H,4-6,13H2,1H3,(H,32,37)(H,33,38)(H,31,34,35)/t19-,20+/m0/s1.